The molecule has 6 rings (SSSR count). The van der Waals surface area contributed by atoms with Gasteiger partial charge < -0.3 is 14.6 Å². The molecule has 0 spiro atoms. The second-order valence-corrected chi connectivity index (χ2v) is 13.4. The van der Waals surface area contributed by atoms with Crippen LogP contribution in [-0.4, -0.2) is 49.4 Å². The maximum atomic E-state index is 13.6. The lowest BCUT2D eigenvalue weighted by Crippen LogP contribution is -2.42. The van der Waals surface area contributed by atoms with Crippen LogP contribution in [0, 0.1) is 23.1 Å². The predicted molar refractivity (Wildman–Crippen MR) is 149 cm³/mol. The SMILES string of the molecule is N#CC1(NC(=O)[C@@H]2CCCC[C@H]2c2oc(-c3ccc(F)cc3)nc2-c2ccc(N3CCS(=O)(=O)CC3)cc2)CC1. The van der Waals surface area contributed by atoms with Crippen LogP contribution in [0.2, 0.25) is 0 Å². The number of sulfone groups is 1. The van der Waals surface area contributed by atoms with Crippen LogP contribution in [0.15, 0.2) is 52.9 Å². The zero-order valence-corrected chi connectivity index (χ0v) is 22.9. The van der Waals surface area contributed by atoms with Gasteiger partial charge in [-0.05, 0) is 62.1 Å². The fourth-order valence-electron chi connectivity index (χ4n) is 5.78. The molecule has 10 heteroatoms. The number of aromatic nitrogens is 1. The van der Waals surface area contributed by atoms with Crippen molar-refractivity contribution in [3.63, 3.8) is 0 Å². The van der Waals surface area contributed by atoms with Crippen molar-refractivity contribution in [2.75, 3.05) is 29.5 Å². The van der Waals surface area contributed by atoms with Crippen LogP contribution >= 0.6 is 0 Å². The third-order valence-corrected chi connectivity index (χ3v) is 9.97. The maximum absolute atomic E-state index is 13.6. The van der Waals surface area contributed by atoms with Gasteiger partial charge in [0.1, 0.15) is 22.8 Å². The van der Waals surface area contributed by atoms with Gasteiger partial charge in [0.15, 0.2) is 9.84 Å². The fourth-order valence-corrected chi connectivity index (χ4v) is 6.98. The molecule has 1 N–H and O–H groups in total. The monoisotopic (exact) mass is 562 g/mol. The molecule has 0 unspecified atom stereocenters. The first kappa shape index (κ1) is 26.5. The van der Waals surface area contributed by atoms with Crippen molar-refractivity contribution >= 4 is 21.4 Å². The van der Waals surface area contributed by atoms with Gasteiger partial charge in [0.05, 0.1) is 17.6 Å². The normalized spacial score (nSPS) is 23.2. The number of rotatable bonds is 6. The van der Waals surface area contributed by atoms with E-state index in [-0.39, 0.29) is 35.1 Å². The molecule has 8 nitrogen and oxygen atoms in total. The molecule has 2 atom stereocenters. The average Bonchev–Trinajstić information content (AvgIpc) is 3.60. The van der Waals surface area contributed by atoms with Crippen LogP contribution in [0.1, 0.15) is 50.2 Å². The van der Waals surface area contributed by atoms with Gasteiger partial charge in [-0.3, -0.25) is 4.79 Å². The first-order chi connectivity index (χ1) is 19.3. The number of hydrogen-bond donors (Lipinski definition) is 1. The molecule has 2 aromatic carbocycles. The van der Waals surface area contributed by atoms with Crippen molar-refractivity contribution in [1.29, 1.82) is 5.26 Å². The molecule has 3 fully saturated rings. The largest absolute Gasteiger partial charge is 0.440 e. The van der Waals surface area contributed by atoms with Gasteiger partial charge in [0.25, 0.3) is 0 Å². The first-order valence-corrected chi connectivity index (χ1v) is 15.6. The molecular weight excluding hydrogens is 531 g/mol. The van der Waals surface area contributed by atoms with Crippen LogP contribution in [0.3, 0.4) is 0 Å². The van der Waals surface area contributed by atoms with Gasteiger partial charge >= 0.3 is 0 Å². The van der Waals surface area contributed by atoms with E-state index in [9.17, 15) is 22.9 Å². The fraction of sp³-hybridized carbons (Fsp3) is 0.433. The number of benzene rings is 2. The molecule has 0 bridgehead atoms. The van der Waals surface area contributed by atoms with E-state index in [1.54, 1.807) is 12.1 Å². The summed E-state index contributed by atoms with van der Waals surface area (Å²) in [5, 5.41) is 12.5. The Bertz CT molecular complexity index is 1540. The highest BCUT2D eigenvalue weighted by Gasteiger charge is 2.47. The van der Waals surface area contributed by atoms with E-state index in [1.807, 2.05) is 24.3 Å². The minimum absolute atomic E-state index is 0.121. The predicted octanol–water partition coefficient (Wildman–Crippen LogP) is 4.83. The Hall–Kier alpha value is -3.71. The molecule has 1 aliphatic heterocycles. The third-order valence-electron chi connectivity index (χ3n) is 8.36. The van der Waals surface area contributed by atoms with Crippen LogP contribution in [0.4, 0.5) is 10.1 Å². The Labute approximate surface area is 233 Å². The summed E-state index contributed by atoms with van der Waals surface area (Å²) in [5.74, 6) is 0.225. The van der Waals surface area contributed by atoms with Gasteiger partial charge in [-0.25, -0.2) is 17.8 Å². The quantitative estimate of drug-likeness (QED) is 0.458. The van der Waals surface area contributed by atoms with Gasteiger partial charge in [-0.1, -0.05) is 25.0 Å². The number of anilines is 1. The second kappa shape index (κ2) is 10.4. The number of amides is 1. The zero-order chi connectivity index (χ0) is 27.9. The number of carbonyl (C=O) groups is 1. The summed E-state index contributed by atoms with van der Waals surface area (Å²) in [5.41, 5.74) is 2.28. The molecule has 1 saturated heterocycles. The average molecular weight is 563 g/mol. The molecule has 40 heavy (non-hydrogen) atoms. The molecule has 0 radical (unpaired) electrons. The Morgan fingerprint density at radius 1 is 1.02 bits per heavy atom. The number of nitrogens with zero attached hydrogens (tertiary/aromatic N) is 3. The molecule has 2 heterocycles. The lowest BCUT2D eigenvalue weighted by molar-refractivity contribution is -0.127. The number of carbonyl (C=O) groups excluding carboxylic acids is 1. The molecule has 1 amide bonds. The van der Waals surface area contributed by atoms with E-state index >= 15 is 0 Å². The van der Waals surface area contributed by atoms with Gasteiger partial charge in [-0.15, -0.1) is 0 Å². The van der Waals surface area contributed by atoms with E-state index in [1.165, 1.54) is 12.1 Å². The van der Waals surface area contributed by atoms with Crippen molar-refractivity contribution in [3.8, 4) is 28.8 Å². The Kier molecular flexibility index (Phi) is 6.87. The van der Waals surface area contributed by atoms with Crippen molar-refractivity contribution in [2.24, 2.45) is 5.92 Å². The van der Waals surface area contributed by atoms with Crippen LogP contribution in [0.25, 0.3) is 22.7 Å². The van der Waals surface area contributed by atoms with E-state index in [2.05, 4.69) is 16.3 Å². The molecule has 2 saturated carbocycles. The lowest BCUT2D eigenvalue weighted by Gasteiger charge is -2.30. The highest BCUT2D eigenvalue weighted by Crippen LogP contribution is 2.45. The molecule has 2 aliphatic carbocycles. The van der Waals surface area contributed by atoms with Crippen LogP contribution < -0.4 is 10.2 Å². The first-order valence-electron chi connectivity index (χ1n) is 13.8. The molecule has 3 aliphatic rings. The van der Waals surface area contributed by atoms with Crippen molar-refractivity contribution < 1.29 is 22.0 Å². The highest BCUT2D eigenvalue weighted by molar-refractivity contribution is 7.91. The summed E-state index contributed by atoms with van der Waals surface area (Å²) in [6.45, 7) is 0.906. The van der Waals surface area contributed by atoms with Crippen molar-refractivity contribution in [2.45, 2.75) is 50.0 Å². The molecule has 1 aromatic heterocycles. The topological polar surface area (TPSA) is 116 Å². The van der Waals surface area contributed by atoms with E-state index in [0.29, 0.717) is 55.3 Å². The maximum Gasteiger partial charge on any atom is 0.226 e. The number of nitrogens with one attached hydrogen (secondary N) is 1. The Morgan fingerprint density at radius 3 is 2.33 bits per heavy atom. The Morgan fingerprint density at radius 2 is 1.68 bits per heavy atom. The van der Waals surface area contributed by atoms with Crippen molar-refractivity contribution in [3.05, 3.63) is 60.1 Å². The van der Waals surface area contributed by atoms with E-state index in [0.717, 1.165) is 30.5 Å². The van der Waals surface area contributed by atoms with Crippen LogP contribution in [0.5, 0.6) is 0 Å². The second-order valence-electron chi connectivity index (χ2n) is 11.1. The minimum Gasteiger partial charge on any atom is -0.440 e. The number of oxazole rings is 1. The minimum atomic E-state index is -2.98. The van der Waals surface area contributed by atoms with Crippen molar-refractivity contribution in [1.82, 2.24) is 10.3 Å². The summed E-state index contributed by atoms with van der Waals surface area (Å²) in [7, 11) is -2.98. The Balaban J connectivity index is 1.35. The summed E-state index contributed by atoms with van der Waals surface area (Å²) < 4.78 is 43.7. The summed E-state index contributed by atoms with van der Waals surface area (Å²) >= 11 is 0. The van der Waals surface area contributed by atoms with E-state index < -0.39 is 15.4 Å². The molecular formula is C30H31FN4O4S. The summed E-state index contributed by atoms with van der Waals surface area (Å²) in [6, 6.07) is 16.0. The summed E-state index contributed by atoms with van der Waals surface area (Å²) in [4.78, 5) is 20.3. The molecule has 208 valence electrons. The number of nitriles is 1. The van der Waals surface area contributed by atoms with Gasteiger partial charge in [0, 0.05) is 41.7 Å². The number of halogens is 1. The summed E-state index contributed by atoms with van der Waals surface area (Å²) in [6.07, 6.45) is 4.65. The van der Waals surface area contributed by atoms with Gasteiger partial charge in [-0.2, -0.15) is 5.26 Å². The third kappa shape index (κ3) is 5.35. The van der Waals surface area contributed by atoms with Gasteiger partial charge in [0.2, 0.25) is 11.8 Å². The standard InChI is InChI=1S/C30H31FN4O4S/c31-22-9-5-21(6-10-22)29-33-26(20-7-11-23(12-8-20)35-15-17-40(37,38)18-16-35)27(39-29)24-3-1-2-4-25(24)28(36)34-30(19-32)13-14-30/h5-12,24-25H,1-4,13-18H2,(H,34,36)/t24-,25-/m1/s1. The van der Waals surface area contributed by atoms with Crippen LogP contribution in [-0.2, 0) is 14.6 Å². The highest BCUT2D eigenvalue weighted by atomic mass is 32.2. The van der Waals surface area contributed by atoms with E-state index in [4.69, 9.17) is 9.40 Å². The smallest absolute Gasteiger partial charge is 0.226 e. The molecule has 3 aromatic rings. The lowest BCUT2D eigenvalue weighted by atomic mass is 9.76. The zero-order valence-electron chi connectivity index (χ0n) is 22.1. The number of hydrogen-bond acceptors (Lipinski definition) is 7.